The molecule has 7 nitrogen and oxygen atoms in total. The fourth-order valence-electron chi connectivity index (χ4n) is 4.92. The molecule has 2 saturated heterocycles. The van der Waals surface area contributed by atoms with Gasteiger partial charge in [-0.05, 0) is 55.4 Å². The van der Waals surface area contributed by atoms with Crippen molar-refractivity contribution in [2.45, 2.75) is 32.1 Å². The number of nitrogens with one attached hydrogen (secondary N) is 1. The number of methoxy groups -OCH3 is 2. The van der Waals surface area contributed by atoms with E-state index in [0.717, 1.165) is 74.8 Å². The summed E-state index contributed by atoms with van der Waals surface area (Å²) in [5, 5.41) is 4.06. The van der Waals surface area contributed by atoms with Crippen LogP contribution in [-0.4, -0.2) is 67.8 Å². The number of carbonyl (C=O) groups is 1. The van der Waals surface area contributed by atoms with E-state index in [0.29, 0.717) is 18.1 Å². The monoisotopic (exact) mass is 497 g/mol. The Morgan fingerprint density at radius 1 is 0.943 bits per heavy atom. The van der Waals surface area contributed by atoms with Crippen LogP contribution in [0.5, 0.6) is 17.2 Å². The Labute approximate surface area is 213 Å². The molecule has 0 unspecified atom stereocenters. The van der Waals surface area contributed by atoms with Crippen LogP contribution >= 0.6 is 12.2 Å². The van der Waals surface area contributed by atoms with Crippen LogP contribution in [0.3, 0.4) is 0 Å². The van der Waals surface area contributed by atoms with Gasteiger partial charge in [0.1, 0.15) is 17.2 Å². The topological polar surface area (TPSA) is 63.3 Å². The van der Waals surface area contributed by atoms with Gasteiger partial charge >= 0.3 is 0 Å². The van der Waals surface area contributed by atoms with E-state index in [4.69, 9.17) is 26.4 Å². The van der Waals surface area contributed by atoms with Crippen molar-refractivity contribution in [2.75, 3.05) is 52.3 Å². The van der Waals surface area contributed by atoms with Crippen molar-refractivity contribution in [3.8, 4) is 17.2 Å². The summed E-state index contributed by atoms with van der Waals surface area (Å²) in [4.78, 5) is 17.0. The highest BCUT2D eigenvalue weighted by Gasteiger charge is 2.42. The third kappa shape index (κ3) is 6.57. The van der Waals surface area contributed by atoms with Crippen molar-refractivity contribution < 1.29 is 19.0 Å². The quantitative estimate of drug-likeness (QED) is 0.423. The van der Waals surface area contributed by atoms with Gasteiger partial charge in [-0.2, -0.15) is 0 Å². The van der Waals surface area contributed by atoms with Crippen molar-refractivity contribution in [1.29, 1.82) is 0 Å². The Morgan fingerprint density at radius 2 is 1.57 bits per heavy atom. The normalized spacial score (nSPS) is 16.7. The molecule has 0 aliphatic carbocycles. The number of benzene rings is 2. The van der Waals surface area contributed by atoms with Gasteiger partial charge in [0, 0.05) is 56.5 Å². The zero-order chi connectivity index (χ0) is 24.7. The van der Waals surface area contributed by atoms with E-state index in [-0.39, 0.29) is 11.3 Å². The number of rotatable bonds is 8. The number of nitrogens with zero attached hydrogens (tertiary/aromatic N) is 2. The van der Waals surface area contributed by atoms with Crippen molar-refractivity contribution >= 4 is 28.9 Å². The van der Waals surface area contributed by atoms with E-state index in [9.17, 15) is 4.79 Å². The molecule has 2 aromatic carbocycles. The molecule has 2 fully saturated rings. The summed E-state index contributed by atoms with van der Waals surface area (Å²) >= 11 is 5.72. The molecule has 2 aliphatic rings. The second-order valence-electron chi connectivity index (χ2n) is 9.35. The largest absolute Gasteiger partial charge is 0.497 e. The molecule has 2 aliphatic heterocycles. The number of anilines is 1. The molecule has 0 radical (unpaired) electrons. The second-order valence-corrected chi connectivity index (χ2v) is 9.74. The first kappa shape index (κ1) is 25.1. The second kappa shape index (κ2) is 11.6. The van der Waals surface area contributed by atoms with E-state index in [1.54, 1.807) is 14.2 Å². The van der Waals surface area contributed by atoms with Gasteiger partial charge in [0.2, 0.25) is 5.91 Å². The lowest BCUT2D eigenvalue weighted by Gasteiger charge is -2.39. The summed E-state index contributed by atoms with van der Waals surface area (Å²) in [6, 6.07) is 15.4. The van der Waals surface area contributed by atoms with E-state index in [1.165, 1.54) is 0 Å². The molecule has 0 atom stereocenters. The first-order valence-electron chi connectivity index (χ1n) is 12.2. The Balaban J connectivity index is 1.21. The summed E-state index contributed by atoms with van der Waals surface area (Å²) in [6.07, 6.45) is 4.40. The fraction of sp³-hybridized carbons (Fsp3) is 0.481. The Hall–Kier alpha value is -3.00. The Bertz CT molecular complexity index is 986. The van der Waals surface area contributed by atoms with Gasteiger partial charge in [0.25, 0.3) is 0 Å². The summed E-state index contributed by atoms with van der Waals surface area (Å²) in [5.74, 6) is 2.52. The number of likely N-dealkylation sites (tertiary alicyclic amines) is 2. The molecule has 35 heavy (non-hydrogen) atoms. The molecule has 188 valence electrons. The first-order chi connectivity index (χ1) is 17.0. The maximum absolute atomic E-state index is 12.7. The van der Waals surface area contributed by atoms with Gasteiger partial charge in [-0.25, -0.2) is 0 Å². The van der Waals surface area contributed by atoms with Crippen molar-refractivity contribution in [2.24, 2.45) is 5.41 Å². The minimum Gasteiger partial charge on any atom is -0.497 e. The Kier molecular flexibility index (Phi) is 8.33. The van der Waals surface area contributed by atoms with Crippen molar-refractivity contribution in [3.63, 3.8) is 0 Å². The molecule has 8 heteroatoms. The molecule has 1 N–H and O–H groups in total. The SMILES string of the molecule is COc1cc(NC(=S)N2CCC3(CCN(C(=O)CCCOc4ccccc4)CC3)C2)cc(OC)c1. The van der Waals surface area contributed by atoms with E-state index >= 15 is 0 Å². The van der Waals surface area contributed by atoms with E-state index in [1.807, 2.05) is 53.4 Å². The van der Waals surface area contributed by atoms with Gasteiger partial charge in [0.05, 0.1) is 20.8 Å². The van der Waals surface area contributed by atoms with Crippen LogP contribution in [-0.2, 0) is 4.79 Å². The van der Waals surface area contributed by atoms with Crippen LogP contribution in [0.25, 0.3) is 0 Å². The number of hydrogen-bond acceptors (Lipinski definition) is 5. The average molecular weight is 498 g/mol. The highest BCUT2D eigenvalue weighted by atomic mass is 32.1. The molecule has 2 aromatic rings. The highest BCUT2D eigenvalue weighted by Crippen LogP contribution is 2.41. The molecule has 1 amide bonds. The summed E-state index contributed by atoms with van der Waals surface area (Å²) in [6.45, 7) is 4.05. The lowest BCUT2D eigenvalue weighted by atomic mass is 9.77. The number of hydrogen-bond donors (Lipinski definition) is 1. The van der Waals surface area contributed by atoms with Crippen LogP contribution < -0.4 is 19.5 Å². The summed E-state index contributed by atoms with van der Waals surface area (Å²) in [5.41, 5.74) is 1.08. The Morgan fingerprint density at radius 3 is 2.20 bits per heavy atom. The predicted octanol–water partition coefficient (Wildman–Crippen LogP) is 4.57. The maximum atomic E-state index is 12.7. The lowest BCUT2D eigenvalue weighted by molar-refractivity contribution is -0.133. The third-order valence-electron chi connectivity index (χ3n) is 7.05. The predicted molar refractivity (Wildman–Crippen MR) is 141 cm³/mol. The van der Waals surface area contributed by atoms with Crippen LogP contribution in [0.15, 0.2) is 48.5 Å². The number of para-hydroxylation sites is 1. The minimum atomic E-state index is 0.227. The molecule has 0 bridgehead atoms. The van der Waals surface area contributed by atoms with Gasteiger partial charge in [-0.1, -0.05) is 18.2 Å². The zero-order valence-corrected chi connectivity index (χ0v) is 21.4. The molecule has 0 aromatic heterocycles. The third-order valence-corrected chi connectivity index (χ3v) is 7.41. The lowest BCUT2D eigenvalue weighted by Crippen LogP contribution is -2.45. The molecular formula is C27H35N3O4S. The van der Waals surface area contributed by atoms with Crippen molar-refractivity contribution in [1.82, 2.24) is 9.80 Å². The fourth-order valence-corrected chi connectivity index (χ4v) is 5.19. The van der Waals surface area contributed by atoms with Gasteiger partial charge < -0.3 is 29.3 Å². The van der Waals surface area contributed by atoms with Gasteiger partial charge in [-0.3, -0.25) is 4.79 Å². The van der Waals surface area contributed by atoms with E-state index < -0.39 is 0 Å². The van der Waals surface area contributed by atoms with Gasteiger partial charge in [0.15, 0.2) is 5.11 Å². The smallest absolute Gasteiger partial charge is 0.222 e. The van der Waals surface area contributed by atoms with Crippen LogP contribution in [0.1, 0.15) is 32.1 Å². The highest BCUT2D eigenvalue weighted by molar-refractivity contribution is 7.80. The molecule has 4 rings (SSSR count). The molecule has 2 heterocycles. The van der Waals surface area contributed by atoms with Crippen LogP contribution in [0, 0.1) is 5.41 Å². The molecule has 0 saturated carbocycles. The maximum Gasteiger partial charge on any atom is 0.222 e. The number of ether oxygens (including phenoxy) is 3. The summed E-state index contributed by atoms with van der Waals surface area (Å²) < 4.78 is 16.4. The number of thiocarbonyl (C=S) groups is 1. The van der Waals surface area contributed by atoms with Gasteiger partial charge in [-0.15, -0.1) is 0 Å². The standard InChI is InChI=1S/C27H35N3O4S/c1-32-23-17-21(18-24(19-23)33-2)28-26(35)30-15-12-27(20-30)10-13-29(14-11-27)25(31)9-6-16-34-22-7-4-3-5-8-22/h3-5,7-8,17-19H,6,9-16,20H2,1-2H3,(H,28,35). The van der Waals surface area contributed by atoms with Crippen molar-refractivity contribution in [3.05, 3.63) is 48.5 Å². The summed E-state index contributed by atoms with van der Waals surface area (Å²) in [7, 11) is 3.27. The number of amides is 1. The molecule has 1 spiro atoms. The van der Waals surface area contributed by atoms with E-state index in [2.05, 4.69) is 10.2 Å². The van der Waals surface area contributed by atoms with Crippen LogP contribution in [0.4, 0.5) is 5.69 Å². The minimum absolute atomic E-state index is 0.227. The average Bonchev–Trinajstić information content (AvgIpc) is 3.30. The zero-order valence-electron chi connectivity index (χ0n) is 20.6. The first-order valence-corrected chi connectivity index (χ1v) is 12.7. The molecular weight excluding hydrogens is 462 g/mol. The number of piperidine rings is 1. The van der Waals surface area contributed by atoms with Crippen LogP contribution in [0.2, 0.25) is 0 Å². The number of carbonyl (C=O) groups excluding carboxylic acids is 1.